The molecule has 0 bridgehead atoms. The van der Waals surface area contributed by atoms with Gasteiger partial charge in [-0.3, -0.25) is 4.79 Å². The van der Waals surface area contributed by atoms with E-state index in [-0.39, 0.29) is 47.1 Å². The largest absolute Gasteiger partial charge is 0.496 e. The van der Waals surface area contributed by atoms with E-state index >= 15 is 0 Å². The van der Waals surface area contributed by atoms with Crippen LogP contribution in [0, 0.1) is 0 Å². The van der Waals surface area contributed by atoms with Crippen LogP contribution >= 0.6 is 0 Å². The smallest absolute Gasteiger partial charge is 0.239 e. The van der Waals surface area contributed by atoms with Gasteiger partial charge in [0, 0.05) is 17.7 Å². The molecule has 0 saturated heterocycles. The van der Waals surface area contributed by atoms with Crippen molar-refractivity contribution >= 4 is 11.0 Å². The Hall–Kier alpha value is -3.65. The number of fused-ring (bicyclic) bond motifs is 2. The summed E-state index contributed by atoms with van der Waals surface area (Å²) >= 11 is 0. The Kier molecular flexibility index (Phi) is 5.48. The Morgan fingerprint density at radius 1 is 1.16 bits per heavy atom. The lowest BCUT2D eigenvalue weighted by molar-refractivity contribution is 0.135. The summed E-state index contributed by atoms with van der Waals surface area (Å²) in [5, 5.41) is 10.2. The first-order chi connectivity index (χ1) is 14.9. The highest BCUT2D eigenvalue weighted by Crippen LogP contribution is 2.40. The van der Waals surface area contributed by atoms with Crippen LogP contribution in [0.5, 0.6) is 28.7 Å². The SMILES string of the molecule is C=C(C)[C@@H](O)COc1cc(OC)c2c(=O)c(OC)c(-c3ccc4c(c3)OCO4)oc2c1. The number of hydrogen-bond acceptors (Lipinski definition) is 8. The maximum atomic E-state index is 13.2. The average molecular weight is 426 g/mol. The number of aliphatic hydroxyl groups is 1. The number of ether oxygens (including phenoxy) is 5. The predicted molar refractivity (Wildman–Crippen MR) is 113 cm³/mol. The summed E-state index contributed by atoms with van der Waals surface area (Å²) in [6, 6.07) is 8.33. The maximum absolute atomic E-state index is 13.2. The Morgan fingerprint density at radius 3 is 2.65 bits per heavy atom. The zero-order valence-electron chi connectivity index (χ0n) is 17.4. The summed E-state index contributed by atoms with van der Waals surface area (Å²) in [6.07, 6.45) is -0.825. The van der Waals surface area contributed by atoms with Gasteiger partial charge >= 0.3 is 0 Å². The molecule has 0 fully saturated rings. The lowest BCUT2D eigenvalue weighted by Gasteiger charge is -2.15. The molecular formula is C23H22O8. The van der Waals surface area contributed by atoms with Crippen LogP contribution in [-0.4, -0.2) is 38.8 Å². The Morgan fingerprint density at radius 2 is 1.94 bits per heavy atom. The van der Waals surface area contributed by atoms with Gasteiger partial charge in [0.25, 0.3) is 0 Å². The molecule has 162 valence electrons. The van der Waals surface area contributed by atoms with Gasteiger partial charge in [-0.05, 0) is 30.7 Å². The van der Waals surface area contributed by atoms with E-state index in [9.17, 15) is 9.90 Å². The van der Waals surface area contributed by atoms with Crippen molar-refractivity contribution in [1.29, 1.82) is 0 Å². The van der Waals surface area contributed by atoms with E-state index in [0.29, 0.717) is 28.4 Å². The van der Waals surface area contributed by atoms with Crippen molar-refractivity contribution in [1.82, 2.24) is 0 Å². The average Bonchev–Trinajstić information content (AvgIpc) is 3.24. The van der Waals surface area contributed by atoms with Crippen molar-refractivity contribution in [3.63, 3.8) is 0 Å². The van der Waals surface area contributed by atoms with E-state index < -0.39 is 6.10 Å². The lowest BCUT2D eigenvalue weighted by atomic mass is 10.1. The molecule has 0 unspecified atom stereocenters. The van der Waals surface area contributed by atoms with Crippen molar-refractivity contribution in [3.05, 3.63) is 52.7 Å². The minimum Gasteiger partial charge on any atom is -0.496 e. The van der Waals surface area contributed by atoms with Crippen molar-refractivity contribution in [2.45, 2.75) is 13.0 Å². The lowest BCUT2D eigenvalue weighted by Crippen LogP contribution is -2.18. The molecule has 0 amide bonds. The summed E-state index contributed by atoms with van der Waals surface area (Å²) in [7, 11) is 2.84. The molecule has 0 spiro atoms. The Balaban J connectivity index is 1.85. The van der Waals surface area contributed by atoms with Crippen molar-refractivity contribution in [2.24, 2.45) is 0 Å². The van der Waals surface area contributed by atoms with Gasteiger partial charge in [-0.1, -0.05) is 6.58 Å². The normalized spacial score (nSPS) is 13.2. The molecule has 8 heteroatoms. The van der Waals surface area contributed by atoms with Gasteiger partial charge in [-0.15, -0.1) is 0 Å². The highest BCUT2D eigenvalue weighted by molar-refractivity contribution is 5.88. The predicted octanol–water partition coefficient (Wildman–Crippen LogP) is 3.52. The minimum atomic E-state index is -0.825. The maximum Gasteiger partial charge on any atom is 0.239 e. The van der Waals surface area contributed by atoms with Gasteiger partial charge in [-0.25, -0.2) is 0 Å². The van der Waals surface area contributed by atoms with Crippen molar-refractivity contribution in [3.8, 4) is 40.1 Å². The third-order valence-electron chi connectivity index (χ3n) is 4.93. The Bertz CT molecular complexity index is 1210. The Labute approximate surface area is 178 Å². The summed E-state index contributed by atoms with van der Waals surface area (Å²) < 4.78 is 33.3. The fourth-order valence-corrected chi connectivity index (χ4v) is 3.22. The number of rotatable bonds is 7. The number of methoxy groups -OCH3 is 2. The molecule has 2 heterocycles. The van der Waals surface area contributed by atoms with Gasteiger partial charge in [0.2, 0.25) is 18.0 Å². The zero-order valence-corrected chi connectivity index (χ0v) is 17.4. The first-order valence-corrected chi connectivity index (χ1v) is 9.52. The molecule has 1 aliphatic rings. The van der Waals surface area contributed by atoms with E-state index in [1.54, 1.807) is 37.3 Å². The minimum absolute atomic E-state index is 0.000596. The highest BCUT2D eigenvalue weighted by atomic mass is 16.7. The van der Waals surface area contributed by atoms with Crippen LogP contribution in [0.1, 0.15) is 6.92 Å². The highest BCUT2D eigenvalue weighted by Gasteiger charge is 2.23. The zero-order chi connectivity index (χ0) is 22.1. The quantitative estimate of drug-likeness (QED) is 0.574. The second-order valence-electron chi connectivity index (χ2n) is 7.03. The first-order valence-electron chi connectivity index (χ1n) is 9.52. The van der Waals surface area contributed by atoms with Crippen LogP contribution in [0.25, 0.3) is 22.3 Å². The van der Waals surface area contributed by atoms with E-state index in [1.165, 1.54) is 14.2 Å². The molecule has 4 rings (SSSR count). The van der Waals surface area contributed by atoms with Crippen LogP contribution in [0.4, 0.5) is 0 Å². The van der Waals surface area contributed by atoms with E-state index in [0.717, 1.165) is 0 Å². The number of benzene rings is 2. The van der Waals surface area contributed by atoms with Crippen LogP contribution in [0.3, 0.4) is 0 Å². The fraction of sp³-hybridized carbons (Fsp3) is 0.261. The molecule has 31 heavy (non-hydrogen) atoms. The molecule has 8 nitrogen and oxygen atoms in total. The summed E-state index contributed by atoms with van der Waals surface area (Å²) in [5.41, 5.74) is 1.02. The molecule has 2 aromatic carbocycles. The molecule has 1 aromatic heterocycles. The molecular weight excluding hydrogens is 404 g/mol. The standard InChI is InChI=1S/C23H22O8/c1-12(2)15(24)10-28-14-8-18(26-3)20-19(9-14)31-22(23(27-4)21(20)25)13-5-6-16-17(7-13)30-11-29-16/h5-9,15,24H,1,10-11H2,2-4H3/t15-/m0/s1. The summed E-state index contributed by atoms with van der Waals surface area (Å²) in [5.74, 6) is 2.07. The van der Waals surface area contributed by atoms with Gasteiger partial charge in [-0.2, -0.15) is 0 Å². The molecule has 1 atom stereocenters. The van der Waals surface area contributed by atoms with E-state index in [4.69, 9.17) is 28.1 Å². The van der Waals surface area contributed by atoms with Gasteiger partial charge in [0.1, 0.15) is 35.2 Å². The molecule has 0 radical (unpaired) electrons. The van der Waals surface area contributed by atoms with Crippen LogP contribution in [0.15, 0.2) is 51.7 Å². The molecule has 3 aromatic rings. The monoisotopic (exact) mass is 426 g/mol. The van der Waals surface area contributed by atoms with Gasteiger partial charge in [0.05, 0.1) is 14.2 Å². The third kappa shape index (κ3) is 3.77. The summed E-state index contributed by atoms with van der Waals surface area (Å²) in [6.45, 7) is 5.54. The topological polar surface area (TPSA) is 96.6 Å². The van der Waals surface area contributed by atoms with Gasteiger partial charge < -0.3 is 33.2 Å². The second-order valence-corrected chi connectivity index (χ2v) is 7.03. The van der Waals surface area contributed by atoms with Crippen LogP contribution < -0.4 is 29.1 Å². The molecule has 0 saturated carbocycles. The second kappa shape index (κ2) is 8.23. The number of aliphatic hydroxyl groups excluding tert-OH is 1. The van der Waals surface area contributed by atoms with Crippen LogP contribution in [0.2, 0.25) is 0 Å². The third-order valence-corrected chi connectivity index (χ3v) is 4.93. The van der Waals surface area contributed by atoms with E-state index in [1.807, 2.05) is 0 Å². The summed E-state index contributed by atoms with van der Waals surface area (Å²) in [4.78, 5) is 13.2. The number of hydrogen-bond donors (Lipinski definition) is 1. The molecule has 0 aliphatic carbocycles. The van der Waals surface area contributed by atoms with Crippen LogP contribution in [-0.2, 0) is 0 Å². The molecule has 1 aliphatic heterocycles. The van der Waals surface area contributed by atoms with Crippen molar-refractivity contribution in [2.75, 3.05) is 27.6 Å². The first kappa shape index (κ1) is 20.6. The molecule has 1 N–H and O–H groups in total. The van der Waals surface area contributed by atoms with E-state index in [2.05, 4.69) is 6.58 Å². The van der Waals surface area contributed by atoms with Crippen molar-refractivity contribution < 1.29 is 33.2 Å². The van der Waals surface area contributed by atoms with Gasteiger partial charge in [0.15, 0.2) is 17.3 Å². The fourth-order valence-electron chi connectivity index (χ4n) is 3.22.